The smallest absolute Gasteiger partial charge is 0.431 e. The molecule has 1 atom stereocenters. The van der Waals surface area contributed by atoms with Crippen LogP contribution < -0.4 is 0 Å². The molecule has 0 N–H and O–H groups in total. The Hall–Kier alpha value is -1.51. The Labute approximate surface area is 123 Å². The van der Waals surface area contributed by atoms with Gasteiger partial charge in [-0.3, -0.25) is 9.59 Å². The van der Waals surface area contributed by atoms with Gasteiger partial charge >= 0.3 is 12.1 Å². The van der Waals surface area contributed by atoms with E-state index in [1.165, 1.54) is 13.8 Å². The molecule has 1 rings (SSSR count). The minimum atomic E-state index is -4.86. The lowest BCUT2D eigenvalue weighted by atomic mass is 10.3. The molecule has 1 aliphatic heterocycles. The number of alkyl halides is 3. The van der Waals surface area contributed by atoms with E-state index in [9.17, 15) is 27.6 Å². The highest BCUT2D eigenvalue weighted by atomic mass is 32.2. The van der Waals surface area contributed by atoms with Crippen molar-refractivity contribution in [3.63, 3.8) is 0 Å². The molecular formula is C12H14F3NO4S. The van der Waals surface area contributed by atoms with E-state index in [1.54, 1.807) is 0 Å². The molecule has 1 fully saturated rings. The number of carbonyl (C=O) groups excluding carboxylic acids is 3. The SMILES string of the molecule is CCOC(=O)C=C(N1CC(SC(C)=O)CC1=O)C(F)(F)F. The maximum atomic E-state index is 13.0. The zero-order valence-corrected chi connectivity index (χ0v) is 12.2. The number of hydrogen-bond donors (Lipinski definition) is 0. The van der Waals surface area contributed by atoms with Crippen molar-refractivity contribution in [2.24, 2.45) is 0 Å². The topological polar surface area (TPSA) is 63.7 Å². The lowest BCUT2D eigenvalue weighted by Crippen LogP contribution is -2.34. The third-order valence-corrected chi connectivity index (χ3v) is 3.53. The second-order valence-corrected chi connectivity index (χ2v) is 5.70. The number of amides is 1. The third kappa shape index (κ3) is 5.07. The van der Waals surface area contributed by atoms with Crippen LogP contribution in [0.2, 0.25) is 0 Å². The molecule has 21 heavy (non-hydrogen) atoms. The summed E-state index contributed by atoms with van der Waals surface area (Å²) in [5.74, 6) is -1.94. The van der Waals surface area contributed by atoms with E-state index >= 15 is 0 Å². The van der Waals surface area contributed by atoms with Crippen LogP contribution in [-0.2, 0) is 19.1 Å². The number of carbonyl (C=O) groups is 3. The molecule has 1 aliphatic rings. The van der Waals surface area contributed by atoms with Gasteiger partial charge in [0.15, 0.2) is 5.12 Å². The van der Waals surface area contributed by atoms with Gasteiger partial charge in [0.25, 0.3) is 0 Å². The molecular weight excluding hydrogens is 311 g/mol. The average molecular weight is 325 g/mol. The van der Waals surface area contributed by atoms with Gasteiger partial charge in [0.1, 0.15) is 5.70 Å². The summed E-state index contributed by atoms with van der Waals surface area (Å²) in [6, 6.07) is 0. The van der Waals surface area contributed by atoms with Crippen LogP contribution in [-0.4, -0.2) is 46.5 Å². The van der Waals surface area contributed by atoms with Crippen LogP contribution >= 0.6 is 11.8 Å². The molecule has 1 saturated heterocycles. The number of esters is 1. The monoisotopic (exact) mass is 325 g/mol. The highest BCUT2D eigenvalue weighted by Crippen LogP contribution is 2.34. The van der Waals surface area contributed by atoms with Crippen LogP contribution in [0.4, 0.5) is 13.2 Å². The van der Waals surface area contributed by atoms with Crippen molar-refractivity contribution in [2.75, 3.05) is 13.2 Å². The number of allylic oxidation sites excluding steroid dienone is 1. The van der Waals surface area contributed by atoms with Crippen LogP contribution in [0, 0.1) is 0 Å². The first-order chi connectivity index (χ1) is 9.65. The minimum Gasteiger partial charge on any atom is -0.463 e. The van der Waals surface area contributed by atoms with Crippen molar-refractivity contribution in [3.8, 4) is 0 Å². The van der Waals surface area contributed by atoms with Gasteiger partial charge in [-0.05, 0) is 6.92 Å². The third-order valence-electron chi connectivity index (χ3n) is 2.54. The molecule has 5 nitrogen and oxygen atoms in total. The van der Waals surface area contributed by atoms with E-state index < -0.39 is 29.0 Å². The van der Waals surface area contributed by atoms with Gasteiger partial charge in [0.05, 0.1) is 12.7 Å². The summed E-state index contributed by atoms with van der Waals surface area (Å²) in [5, 5.41) is -0.833. The first-order valence-electron chi connectivity index (χ1n) is 6.08. The number of hydrogen-bond acceptors (Lipinski definition) is 5. The van der Waals surface area contributed by atoms with Gasteiger partial charge in [0.2, 0.25) is 5.91 Å². The average Bonchev–Trinajstić information content (AvgIpc) is 2.64. The standard InChI is InChI=1S/C12H14F3NO4S/c1-3-20-11(19)5-9(12(13,14)15)16-6-8(4-10(16)18)21-7(2)17/h5,8H,3-4,6H2,1-2H3. The van der Waals surface area contributed by atoms with Gasteiger partial charge < -0.3 is 9.64 Å². The second kappa shape index (κ2) is 6.97. The Morgan fingerprint density at radius 2 is 2.10 bits per heavy atom. The summed E-state index contributed by atoms with van der Waals surface area (Å²) < 4.78 is 43.4. The molecule has 118 valence electrons. The van der Waals surface area contributed by atoms with Crippen molar-refractivity contribution in [1.82, 2.24) is 4.90 Å². The van der Waals surface area contributed by atoms with Gasteiger partial charge in [-0.1, -0.05) is 11.8 Å². The minimum absolute atomic E-state index is 0.0722. The number of nitrogens with zero attached hydrogens (tertiary/aromatic N) is 1. The number of rotatable bonds is 4. The molecule has 1 amide bonds. The molecule has 0 radical (unpaired) electrons. The van der Waals surface area contributed by atoms with Crippen molar-refractivity contribution < 1.29 is 32.3 Å². The van der Waals surface area contributed by atoms with Crippen LogP contribution in [0.25, 0.3) is 0 Å². The van der Waals surface area contributed by atoms with E-state index in [0.29, 0.717) is 4.90 Å². The highest BCUT2D eigenvalue weighted by molar-refractivity contribution is 8.14. The Kier molecular flexibility index (Phi) is 5.82. The summed E-state index contributed by atoms with van der Waals surface area (Å²) in [6.07, 6.45) is -4.78. The summed E-state index contributed by atoms with van der Waals surface area (Å²) in [5.41, 5.74) is -1.36. The fourth-order valence-corrected chi connectivity index (χ4v) is 2.75. The number of likely N-dealkylation sites (tertiary alicyclic amines) is 1. The van der Waals surface area contributed by atoms with Crippen LogP contribution in [0.5, 0.6) is 0 Å². The first kappa shape index (κ1) is 17.5. The Balaban J connectivity index is 2.97. The quantitative estimate of drug-likeness (QED) is 0.583. The summed E-state index contributed by atoms with van der Waals surface area (Å²) in [6.45, 7) is 2.39. The fraction of sp³-hybridized carbons (Fsp3) is 0.583. The van der Waals surface area contributed by atoms with Crippen molar-refractivity contribution in [2.45, 2.75) is 31.7 Å². The van der Waals surface area contributed by atoms with Gasteiger partial charge in [0, 0.05) is 25.1 Å². The lowest BCUT2D eigenvalue weighted by molar-refractivity contribution is -0.142. The molecule has 0 saturated carbocycles. The molecule has 0 spiro atoms. The maximum Gasteiger partial charge on any atom is 0.431 e. The summed E-state index contributed by atoms with van der Waals surface area (Å²) in [4.78, 5) is 34.4. The van der Waals surface area contributed by atoms with E-state index in [1.807, 2.05) is 0 Å². The van der Waals surface area contributed by atoms with Gasteiger partial charge in [-0.25, -0.2) is 4.79 Å². The van der Waals surface area contributed by atoms with Crippen LogP contribution in [0.15, 0.2) is 11.8 Å². The van der Waals surface area contributed by atoms with E-state index in [2.05, 4.69) is 4.74 Å². The van der Waals surface area contributed by atoms with Crippen molar-refractivity contribution >= 4 is 28.8 Å². The van der Waals surface area contributed by atoms with Crippen LogP contribution in [0.1, 0.15) is 20.3 Å². The summed E-state index contributed by atoms with van der Waals surface area (Å²) >= 11 is 0.815. The number of thioether (sulfide) groups is 1. The highest BCUT2D eigenvalue weighted by Gasteiger charge is 2.44. The molecule has 1 heterocycles. The Morgan fingerprint density at radius 1 is 1.48 bits per heavy atom. The zero-order chi connectivity index (χ0) is 16.2. The summed E-state index contributed by atoms with van der Waals surface area (Å²) in [7, 11) is 0. The fourth-order valence-electron chi connectivity index (χ4n) is 1.83. The lowest BCUT2D eigenvalue weighted by Gasteiger charge is -2.22. The maximum absolute atomic E-state index is 13.0. The predicted octanol–water partition coefficient (Wildman–Crippen LogP) is 1.88. The van der Waals surface area contributed by atoms with E-state index in [0.717, 1.165) is 11.8 Å². The second-order valence-electron chi connectivity index (χ2n) is 4.22. The van der Waals surface area contributed by atoms with Crippen molar-refractivity contribution in [3.05, 3.63) is 11.8 Å². The molecule has 0 aromatic heterocycles. The molecule has 9 heteroatoms. The molecule has 0 aromatic rings. The molecule has 1 unspecified atom stereocenters. The molecule has 0 aromatic carbocycles. The molecule has 0 aliphatic carbocycles. The van der Waals surface area contributed by atoms with Crippen LogP contribution in [0.3, 0.4) is 0 Å². The van der Waals surface area contributed by atoms with E-state index in [-0.39, 0.29) is 30.8 Å². The van der Waals surface area contributed by atoms with Gasteiger partial charge in [-0.2, -0.15) is 13.2 Å². The van der Waals surface area contributed by atoms with Crippen molar-refractivity contribution in [1.29, 1.82) is 0 Å². The number of ether oxygens (including phenoxy) is 1. The molecule has 0 bridgehead atoms. The number of halogens is 3. The van der Waals surface area contributed by atoms with Gasteiger partial charge in [-0.15, -0.1) is 0 Å². The predicted molar refractivity (Wildman–Crippen MR) is 69.2 cm³/mol. The Bertz CT molecular complexity index is 476. The van der Waals surface area contributed by atoms with E-state index in [4.69, 9.17) is 0 Å². The first-order valence-corrected chi connectivity index (χ1v) is 6.96. The largest absolute Gasteiger partial charge is 0.463 e. The zero-order valence-electron chi connectivity index (χ0n) is 11.4. The Morgan fingerprint density at radius 3 is 2.57 bits per heavy atom. The normalized spacial score (nSPS) is 19.9.